The number of esters is 1. The number of aromatic nitrogens is 2. The molecule has 0 aliphatic heterocycles. The molecule has 0 saturated carbocycles. The smallest absolute Gasteiger partial charge is 0.347 e. The fourth-order valence-corrected chi connectivity index (χ4v) is 4.59. The summed E-state index contributed by atoms with van der Waals surface area (Å²) in [5, 5.41) is 17.4. The third-order valence-electron chi connectivity index (χ3n) is 6.16. The molecule has 0 bridgehead atoms. The Hall–Kier alpha value is -5.04. The Morgan fingerprint density at radius 1 is 1.21 bits per heavy atom. The molecule has 0 unspecified atom stereocenters. The van der Waals surface area contributed by atoms with Crippen LogP contribution < -0.4 is 15.0 Å². The van der Waals surface area contributed by atoms with E-state index < -0.39 is 28.2 Å². The maximum atomic E-state index is 13.6. The first-order valence-electron chi connectivity index (χ1n) is 12.7. The van der Waals surface area contributed by atoms with E-state index in [9.17, 15) is 19.7 Å². The van der Waals surface area contributed by atoms with Crippen LogP contribution in [0.3, 0.4) is 0 Å². The van der Waals surface area contributed by atoms with Gasteiger partial charge in [-0.25, -0.2) is 9.78 Å². The highest BCUT2D eigenvalue weighted by Gasteiger charge is 2.27. The van der Waals surface area contributed by atoms with Crippen molar-refractivity contribution in [3.05, 3.63) is 91.2 Å². The van der Waals surface area contributed by atoms with Gasteiger partial charge in [-0.2, -0.15) is 9.78 Å². The molecule has 0 aliphatic carbocycles. The SMILES string of the molecule is CCOC(=O)[C@H](C)Oc1c(OC)cc(C=Nn2c(-c3cc4cc(Br)ccc4o3)nc3ccccc3c2=O)cc1[N+](=O)[O-]. The lowest BCUT2D eigenvalue weighted by molar-refractivity contribution is -0.386. The van der Waals surface area contributed by atoms with Gasteiger partial charge in [-0.1, -0.05) is 28.1 Å². The number of halogens is 1. The summed E-state index contributed by atoms with van der Waals surface area (Å²) >= 11 is 3.44. The number of methoxy groups -OCH3 is 1. The third kappa shape index (κ3) is 5.59. The zero-order valence-electron chi connectivity index (χ0n) is 22.6. The zero-order chi connectivity index (χ0) is 30.0. The summed E-state index contributed by atoms with van der Waals surface area (Å²) < 4.78 is 23.8. The van der Waals surface area contributed by atoms with E-state index in [1.807, 2.05) is 12.1 Å². The van der Waals surface area contributed by atoms with Gasteiger partial charge < -0.3 is 18.6 Å². The highest BCUT2D eigenvalue weighted by Crippen LogP contribution is 2.39. The summed E-state index contributed by atoms with van der Waals surface area (Å²) in [6.45, 7) is 3.17. The van der Waals surface area contributed by atoms with Crippen LogP contribution in [0.2, 0.25) is 0 Å². The Labute approximate surface area is 246 Å². The van der Waals surface area contributed by atoms with Gasteiger partial charge >= 0.3 is 11.7 Å². The van der Waals surface area contributed by atoms with Crippen molar-refractivity contribution in [2.75, 3.05) is 13.7 Å². The van der Waals surface area contributed by atoms with Gasteiger partial charge in [0.05, 0.1) is 35.8 Å². The summed E-state index contributed by atoms with van der Waals surface area (Å²) in [6.07, 6.45) is 0.126. The molecule has 0 aliphatic rings. The van der Waals surface area contributed by atoms with Gasteiger partial charge in [-0.3, -0.25) is 14.9 Å². The molecule has 12 nitrogen and oxygen atoms in total. The largest absolute Gasteiger partial charge is 0.493 e. The first-order chi connectivity index (χ1) is 20.2. The van der Waals surface area contributed by atoms with Gasteiger partial charge in [0.25, 0.3) is 5.56 Å². The Bertz CT molecular complexity index is 1930. The molecule has 0 spiro atoms. The zero-order valence-corrected chi connectivity index (χ0v) is 24.2. The van der Waals surface area contributed by atoms with Gasteiger partial charge in [0, 0.05) is 21.5 Å². The highest BCUT2D eigenvalue weighted by atomic mass is 79.9. The van der Waals surface area contributed by atoms with Gasteiger partial charge in [0.15, 0.2) is 17.6 Å². The predicted molar refractivity (Wildman–Crippen MR) is 158 cm³/mol. The van der Waals surface area contributed by atoms with Crippen LogP contribution in [-0.2, 0) is 9.53 Å². The number of nitro benzene ring substituents is 1. The average Bonchev–Trinajstić information content (AvgIpc) is 3.40. The van der Waals surface area contributed by atoms with Crippen LogP contribution in [-0.4, -0.2) is 46.6 Å². The topological polar surface area (TPSA) is 148 Å². The number of hydrogen-bond acceptors (Lipinski definition) is 10. The van der Waals surface area contributed by atoms with Gasteiger partial charge in [0.2, 0.25) is 11.6 Å². The Morgan fingerprint density at radius 2 is 2.00 bits per heavy atom. The summed E-state index contributed by atoms with van der Waals surface area (Å²) in [6, 6.07) is 16.7. The molecule has 0 fully saturated rings. The molecule has 214 valence electrons. The van der Waals surface area contributed by atoms with Gasteiger partial charge in [-0.05, 0) is 56.3 Å². The molecule has 2 aromatic heterocycles. The van der Waals surface area contributed by atoms with Crippen molar-refractivity contribution in [1.29, 1.82) is 0 Å². The number of rotatable bonds is 9. The first kappa shape index (κ1) is 28.5. The third-order valence-corrected chi connectivity index (χ3v) is 6.66. The number of furan rings is 1. The van der Waals surface area contributed by atoms with Crippen LogP contribution in [0.5, 0.6) is 11.5 Å². The molecule has 42 heavy (non-hydrogen) atoms. The molecule has 3 aromatic carbocycles. The van der Waals surface area contributed by atoms with Crippen molar-refractivity contribution in [3.8, 4) is 23.1 Å². The first-order valence-corrected chi connectivity index (χ1v) is 13.4. The minimum Gasteiger partial charge on any atom is -0.493 e. The quantitative estimate of drug-likeness (QED) is 0.0861. The van der Waals surface area contributed by atoms with Crippen molar-refractivity contribution < 1.29 is 28.3 Å². The second kappa shape index (κ2) is 11.8. The minimum atomic E-state index is -1.13. The molecule has 2 heterocycles. The second-order valence-electron chi connectivity index (χ2n) is 8.95. The molecule has 5 aromatic rings. The van der Waals surface area contributed by atoms with E-state index in [2.05, 4.69) is 26.0 Å². The molecule has 0 radical (unpaired) electrons. The monoisotopic (exact) mass is 634 g/mol. The lowest BCUT2D eigenvalue weighted by atomic mass is 10.1. The van der Waals surface area contributed by atoms with E-state index in [4.69, 9.17) is 18.6 Å². The maximum Gasteiger partial charge on any atom is 0.347 e. The Morgan fingerprint density at radius 3 is 2.74 bits per heavy atom. The summed E-state index contributed by atoms with van der Waals surface area (Å²) in [5.41, 5.74) is 0.297. The lowest BCUT2D eigenvalue weighted by Crippen LogP contribution is -2.26. The Kier molecular flexibility index (Phi) is 8.02. The number of nitro groups is 1. The summed E-state index contributed by atoms with van der Waals surface area (Å²) in [7, 11) is 1.30. The standard InChI is InChI=1S/C29H23BrN4O8/c1-4-40-29(36)16(2)41-26-22(34(37)38)11-17(12-24(26)39-3)15-31-33-27(32-21-8-6-5-7-20(21)28(33)35)25-14-18-13-19(30)9-10-23(18)42-25/h5-16H,4H2,1-3H3/t16-/m0/s1. The van der Waals surface area contributed by atoms with Crippen LogP contribution in [0.15, 0.2) is 79.4 Å². The van der Waals surface area contributed by atoms with Gasteiger partial charge in [0.1, 0.15) is 5.58 Å². The van der Waals surface area contributed by atoms with Crippen molar-refractivity contribution in [1.82, 2.24) is 9.66 Å². The lowest BCUT2D eigenvalue weighted by Gasteiger charge is -2.16. The number of hydrogen-bond donors (Lipinski definition) is 0. The minimum absolute atomic E-state index is 0.0196. The molecule has 0 amide bonds. The number of para-hydroxylation sites is 1. The van der Waals surface area contributed by atoms with Crippen molar-refractivity contribution in [3.63, 3.8) is 0 Å². The number of carbonyl (C=O) groups is 1. The Balaban J connectivity index is 1.63. The van der Waals surface area contributed by atoms with Crippen LogP contribution >= 0.6 is 15.9 Å². The van der Waals surface area contributed by atoms with Crippen LogP contribution in [0, 0.1) is 10.1 Å². The van der Waals surface area contributed by atoms with E-state index in [1.165, 1.54) is 32.4 Å². The van der Waals surface area contributed by atoms with Crippen LogP contribution in [0.1, 0.15) is 19.4 Å². The van der Waals surface area contributed by atoms with Crippen molar-refractivity contribution in [2.24, 2.45) is 5.10 Å². The summed E-state index contributed by atoms with van der Waals surface area (Å²) in [4.78, 5) is 41.6. The molecule has 5 rings (SSSR count). The van der Waals surface area contributed by atoms with Crippen molar-refractivity contribution >= 4 is 55.7 Å². The molecular formula is C29H23BrN4O8. The number of fused-ring (bicyclic) bond motifs is 2. The molecule has 13 heteroatoms. The number of ether oxygens (including phenoxy) is 3. The molecular weight excluding hydrogens is 612 g/mol. The van der Waals surface area contributed by atoms with E-state index in [-0.39, 0.29) is 29.5 Å². The van der Waals surface area contributed by atoms with E-state index >= 15 is 0 Å². The van der Waals surface area contributed by atoms with Crippen LogP contribution in [0.4, 0.5) is 5.69 Å². The maximum absolute atomic E-state index is 13.6. The highest BCUT2D eigenvalue weighted by molar-refractivity contribution is 9.10. The van der Waals surface area contributed by atoms with E-state index in [1.54, 1.807) is 43.3 Å². The molecule has 0 saturated heterocycles. The number of carbonyl (C=O) groups excluding carboxylic acids is 1. The van der Waals surface area contributed by atoms with Crippen LogP contribution in [0.25, 0.3) is 33.5 Å². The second-order valence-corrected chi connectivity index (χ2v) is 9.86. The number of benzene rings is 3. The fraction of sp³-hybridized carbons (Fsp3) is 0.172. The molecule has 0 N–H and O–H groups in total. The fourth-order valence-electron chi connectivity index (χ4n) is 4.21. The predicted octanol–water partition coefficient (Wildman–Crippen LogP) is 5.70. The van der Waals surface area contributed by atoms with E-state index in [0.29, 0.717) is 22.2 Å². The average molecular weight is 635 g/mol. The summed E-state index contributed by atoms with van der Waals surface area (Å²) in [5.74, 6) is -0.531. The van der Waals surface area contributed by atoms with Gasteiger partial charge in [-0.15, -0.1) is 0 Å². The number of nitrogens with zero attached hydrogens (tertiary/aromatic N) is 4. The normalized spacial score (nSPS) is 12.1. The molecule has 1 atom stereocenters. The van der Waals surface area contributed by atoms with Crippen molar-refractivity contribution in [2.45, 2.75) is 20.0 Å². The van der Waals surface area contributed by atoms with E-state index in [0.717, 1.165) is 14.5 Å².